The maximum Gasteiger partial charge on any atom is 0.325 e. The molecular weight excluding hydrogens is 596 g/mol. The summed E-state index contributed by atoms with van der Waals surface area (Å²) < 4.78 is 6.34. The molecule has 4 aliphatic rings. The number of rotatable bonds is 23. The molecule has 0 spiro atoms. The van der Waals surface area contributed by atoms with Gasteiger partial charge in [-0.2, -0.15) is 0 Å². The van der Waals surface area contributed by atoms with E-state index in [0.717, 1.165) is 55.8 Å². The highest BCUT2D eigenvalue weighted by Crippen LogP contribution is 2.66. The minimum atomic E-state index is -0.788. The Kier molecular flexibility index (Phi) is 17.1. The Morgan fingerprint density at radius 3 is 1.81 bits per heavy atom. The van der Waals surface area contributed by atoms with E-state index < -0.39 is 11.0 Å². The number of halogens is 1. The Balaban J connectivity index is 1.01. The van der Waals surface area contributed by atoms with Crippen LogP contribution < -0.4 is 0 Å². The third-order valence-electron chi connectivity index (χ3n) is 13.7. The Hall–Kier alpha value is -0.940. The van der Waals surface area contributed by atoms with Gasteiger partial charge in [0.25, 0.3) is 0 Å². The van der Waals surface area contributed by atoms with Gasteiger partial charge < -0.3 is 4.74 Å². The summed E-state index contributed by atoms with van der Waals surface area (Å²) in [5.41, 5.74) is -0.914. The standard InChI is InChI=1S/C44H73ClO2/c1-4-6-7-8-9-10-11-12-13-14-15-16-17-18-19-20-21-22-23-24-29-41(45)42(46)47-44(5-2)35-33-40-39-31-30-36-27-25-26-28-37(36)38(39)32-34-43(40,44)3/h2,25-26,36-41H,4,6-24,27-35H2,1,3H3/t36?,37-,38+,39+,40-,41?,43-,44-/m0/s1. The van der Waals surface area contributed by atoms with Crippen molar-refractivity contribution in [2.24, 2.45) is 35.0 Å². The second-order valence-corrected chi connectivity index (χ2v) is 17.3. The average molecular weight is 670 g/mol. The molecule has 0 saturated heterocycles. The van der Waals surface area contributed by atoms with Crippen LogP contribution in [0.2, 0.25) is 0 Å². The molecule has 0 radical (unpaired) electrons. The predicted octanol–water partition coefficient (Wildman–Crippen LogP) is 13.5. The highest BCUT2D eigenvalue weighted by Gasteiger charge is 2.64. The van der Waals surface area contributed by atoms with Crippen LogP contribution in [0.4, 0.5) is 0 Å². The third kappa shape index (κ3) is 10.8. The molecule has 0 amide bonds. The zero-order valence-electron chi connectivity index (χ0n) is 30.9. The fourth-order valence-electron chi connectivity index (χ4n) is 10.8. The number of carbonyl (C=O) groups is 1. The van der Waals surface area contributed by atoms with Crippen LogP contribution in [-0.4, -0.2) is 16.9 Å². The van der Waals surface area contributed by atoms with Gasteiger partial charge in [0.1, 0.15) is 5.38 Å². The van der Waals surface area contributed by atoms with Gasteiger partial charge in [-0.3, -0.25) is 4.79 Å². The van der Waals surface area contributed by atoms with E-state index >= 15 is 0 Å². The van der Waals surface area contributed by atoms with Gasteiger partial charge >= 0.3 is 5.97 Å². The maximum atomic E-state index is 13.3. The Labute approximate surface area is 296 Å². The lowest BCUT2D eigenvalue weighted by molar-refractivity contribution is -0.171. The number of allylic oxidation sites excluding steroid dienone is 2. The van der Waals surface area contributed by atoms with Crippen molar-refractivity contribution in [3.05, 3.63) is 12.2 Å². The van der Waals surface area contributed by atoms with Crippen LogP contribution in [0.25, 0.3) is 0 Å². The van der Waals surface area contributed by atoms with E-state index in [1.54, 1.807) is 0 Å². The molecule has 4 aliphatic carbocycles. The Morgan fingerprint density at radius 1 is 0.723 bits per heavy atom. The first-order chi connectivity index (χ1) is 23.0. The number of hydrogen-bond donors (Lipinski definition) is 0. The molecule has 0 N–H and O–H groups in total. The van der Waals surface area contributed by atoms with E-state index in [1.165, 1.54) is 148 Å². The molecule has 2 unspecified atom stereocenters. The molecule has 4 rings (SSSR count). The normalized spacial score (nSPS) is 31.8. The van der Waals surface area contributed by atoms with E-state index in [4.69, 9.17) is 22.8 Å². The number of unbranched alkanes of at least 4 members (excludes halogenated alkanes) is 19. The number of alkyl halides is 1. The van der Waals surface area contributed by atoms with Crippen molar-refractivity contribution in [1.82, 2.24) is 0 Å². The van der Waals surface area contributed by atoms with Gasteiger partial charge in [0, 0.05) is 5.41 Å². The zero-order chi connectivity index (χ0) is 33.4. The fourth-order valence-corrected chi connectivity index (χ4v) is 11.0. The molecule has 0 aliphatic heterocycles. The molecule has 268 valence electrons. The summed E-state index contributed by atoms with van der Waals surface area (Å²) in [4.78, 5) is 13.3. The number of hydrogen-bond acceptors (Lipinski definition) is 2. The zero-order valence-corrected chi connectivity index (χ0v) is 31.7. The summed E-state index contributed by atoms with van der Waals surface area (Å²) in [5.74, 6) is 6.65. The highest BCUT2D eigenvalue weighted by molar-refractivity contribution is 6.29. The molecule has 3 fully saturated rings. The lowest BCUT2D eigenvalue weighted by Gasteiger charge is -2.56. The molecule has 3 heteroatoms. The smallest absolute Gasteiger partial charge is 0.325 e. The van der Waals surface area contributed by atoms with Crippen molar-refractivity contribution in [2.75, 3.05) is 0 Å². The Morgan fingerprint density at radius 2 is 1.26 bits per heavy atom. The monoisotopic (exact) mass is 669 g/mol. The van der Waals surface area contributed by atoms with Crippen molar-refractivity contribution in [2.45, 2.75) is 211 Å². The van der Waals surface area contributed by atoms with Crippen LogP contribution in [-0.2, 0) is 9.53 Å². The summed E-state index contributed by atoms with van der Waals surface area (Å²) in [6.45, 7) is 4.65. The molecule has 0 aromatic rings. The quantitative estimate of drug-likeness (QED) is 0.0356. The van der Waals surface area contributed by atoms with Crippen molar-refractivity contribution >= 4 is 17.6 Å². The second kappa shape index (κ2) is 20.7. The summed E-state index contributed by atoms with van der Waals surface area (Å²) >= 11 is 6.67. The largest absolute Gasteiger partial charge is 0.444 e. The van der Waals surface area contributed by atoms with E-state index in [9.17, 15) is 4.79 Å². The van der Waals surface area contributed by atoms with Crippen LogP contribution >= 0.6 is 11.6 Å². The van der Waals surface area contributed by atoms with Crippen molar-refractivity contribution < 1.29 is 9.53 Å². The molecule has 0 aromatic heterocycles. The molecule has 47 heavy (non-hydrogen) atoms. The first-order valence-corrected chi connectivity index (χ1v) is 21.4. The van der Waals surface area contributed by atoms with Crippen LogP contribution in [0.1, 0.15) is 200 Å². The maximum absolute atomic E-state index is 13.3. The van der Waals surface area contributed by atoms with Crippen molar-refractivity contribution in [3.8, 4) is 12.3 Å². The second-order valence-electron chi connectivity index (χ2n) is 16.7. The summed E-state index contributed by atoms with van der Waals surface area (Å²) in [5, 5.41) is -0.584. The molecule has 0 aromatic carbocycles. The first kappa shape index (κ1) is 38.9. The van der Waals surface area contributed by atoms with E-state index in [1.807, 2.05) is 0 Å². The van der Waals surface area contributed by atoms with E-state index in [0.29, 0.717) is 12.3 Å². The lowest BCUT2D eigenvalue weighted by atomic mass is 9.49. The summed E-state index contributed by atoms with van der Waals surface area (Å²) in [6.07, 6.45) is 48.6. The van der Waals surface area contributed by atoms with Gasteiger partial charge in [-0.05, 0) is 87.4 Å². The van der Waals surface area contributed by atoms with Crippen molar-refractivity contribution in [3.63, 3.8) is 0 Å². The van der Waals surface area contributed by atoms with Crippen LogP contribution in [0.5, 0.6) is 0 Å². The predicted molar refractivity (Wildman–Crippen MR) is 202 cm³/mol. The molecule has 0 heterocycles. The molecule has 2 nitrogen and oxygen atoms in total. The highest BCUT2D eigenvalue weighted by atomic mass is 35.5. The number of fused-ring (bicyclic) bond motifs is 5. The van der Waals surface area contributed by atoms with Crippen LogP contribution in [0, 0.1) is 47.3 Å². The van der Waals surface area contributed by atoms with E-state index in [2.05, 4.69) is 31.9 Å². The topological polar surface area (TPSA) is 26.3 Å². The summed E-state index contributed by atoms with van der Waals surface area (Å²) in [6, 6.07) is 0. The summed E-state index contributed by atoms with van der Waals surface area (Å²) in [7, 11) is 0. The fraction of sp³-hybridized carbons (Fsp3) is 0.886. The van der Waals surface area contributed by atoms with Gasteiger partial charge in [0.15, 0.2) is 5.60 Å². The third-order valence-corrected chi connectivity index (χ3v) is 14.1. The van der Waals surface area contributed by atoms with Gasteiger partial charge in [-0.15, -0.1) is 18.0 Å². The van der Waals surface area contributed by atoms with Crippen LogP contribution in [0.15, 0.2) is 12.2 Å². The van der Waals surface area contributed by atoms with Crippen molar-refractivity contribution in [1.29, 1.82) is 0 Å². The van der Waals surface area contributed by atoms with Gasteiger partial charge in [0.05, 0.1) is 0 Å². The molecular formula is C44H73ClO2. The van der Waals surface area contributed by atoms with Gasteiger partial charge in [0.2, 0.25) is 0 Å². The van der Waals surface area contributed by atoms with Gasteiger partial charge in [-0.1, -0.05) is 160 Å². The number of esters is 1. The lowest BCUT2D eigenvalue weighted by Crippen LogP contribution is -2.54. The van der Waals surface area contributed by atoms with Crippen LogP contribution in [0.3, 0.4) is 0 Å². The molecule has 0 bridgehead atoms. The molecule has 3 saturated carbocycles. The minimum absolute atomic E-state index is 0.126. The first-order valence-electron chi connectivity index (χ1n) is 21.0. The minimum Gasteiger partial charge on any atom is -0.444 e. The number of ether oxygens (including phenoxy) is 1. The molecule has 8 atom stereocenters. The SMILES string of the molecule is C#C[C@]1(OC(=O)C(Cl)CCCCCCCCCCCCCCCCCCCCCC)CC[C@H]2[C@@H]3CCC4CC=CC[C@@H]4[C@H]3CC[C@@]21C. The average Bonchev–Trinajstić information content (AvgIpc) is 3.38. The Bertz CT molecular complexity index is 966. The number of terminal acetylenes is 1. The number of carbonyl (C=O) groups excluding carboxylic acids is 1. The van der Waals surface area contributed by atoms with E-state index in [-0.39, 0.29) is 11.4 Å². The van der Waals surface area contributed by atoms with Gasteiger partial charge in [-0.25, -0.2) is 0 Å².